The molecule has 1 fully saturated rings. The number of benzene rings is 1. The third-order valence-electron chi connectivity index (χ3n) is 3.03. The van der Waals surface area contributed by atoms with Gasteiger partial charge in [-0.1, -0.05) is 12.1 Å². The molecule has 0 unspecified atom stereocenters. The summed E-state index contributed by atoms with van der Waals surface area (Å²) in [6.45, 7) is 1.28. The molecular formula is C13H17NO3. The van der Waals surface area contributed by atoms with Crippen LogP contribution in [0.15, 0.2) is 24.3 Å². The minimum atomic E-state index is -0.110. The van der Waals surface area contributed by atoms with Crippen molar-refractivity contribution in [2.45, 2.75) is 19.0 Å². The lowest BCUT2D eigenvalue weighted by molar-refractivity contribution is -0.142. The van der Waals surface area contributed by atoms with Crippen LogP contribution >= 0.6 is 0 Å². The van der Waals surface area contributed by atoms with Crippen LogP contribution in [0, 0.1) is 0 Å². The van der Waals surface area contributed by atoms with Gasteiger partial charge < -0.3 is 9.47 Å². The number of carbonyl (C=O) groups is 1. The van der Waals surface area contributed by atoms with Crippen molar-refractivity contribution in [3.63, 3.8) is 0 Å². The van der Waals surface area contributed by atoms with Gasteiger partial charge in [0.2, 0.25) is 0 Å². The van der Waals surface area contributed by atoms with Crippen molar-refractivity contribution in [2.75, 3.05) is 20.8 Å². The van der Waals surface area contributed by atoms with E-state index in [9.17, 15) is 4.79 Å². The van der Waals surface area contributed by atoms with E-state index in [2.05, 4.69) is 0 Å². The quantitative estimate of drug-likeness (QED) is 0.740. The molecule has 1 aromatic carbocycles. The van der Waals surface area contributed by atoms with Crippen molar-refractivity contribution >= 4 is 5.97 Å². The first-order chi connectivity index (χ1) is 8.20. The zero-order chi connectivity index (χ0) is 12.3. The highest BCUT2D eigenvalue weighted by molar-refractivity contribution is 5.77. The van der Waals surface area contributed by atoms with Crippen LogP contribution in [0.5, 0.6) is 5.75 Å². The summed E-state index contributed by atoms with van der Waals surface area (Å²) in [4.78, 5) is 13.4. The maximum Gasteiger partial charge on any atom is 0.323 e. The van der Waals surface area contributed by atoms with Gasteiger partial charge in [0.15, 0.2) is 0 Å². The molecule has 17 heavy (non-hydrogen) atoms. The number of nitrogens with zero attached hydrogens (tertiary/aromatic N) is 1. The van der Waals surface area contributed by atoms with Gasteiger partial charge in [0.1, 0.15) is 11.8 Å². The van der Waals surface area contributed by atoms with E-state index < -0.39 is 0 Å². The van der Waals surface area contributed by atoms with Crippen molar-refractivity contribution in [1.82, 2.24) is 4.90 Å². The summed E-state index contributed by atoms with van der Waals surface area (Å²) in [5, 5.41) is 0. The Morgan fingerprint density at radius 3 is 2.65 bits per heavy atom. The van der Waals surface area contributed by atoms with E-state index in [0.717, 1.165) is 24.3 Å². The SMILES string of the molecule is COc1ccc(CN(C)[C@@H]2CCOC2=O)cc1. The summed E-state index contributed by atoms with van der Waals surface area (Å²) >= 11 is 0. The molecule has 1 aliphatic rings. The molecule has 0 spiro atoms. The summed E-state index contributed by atoms with van der Waals surface area (Å²) in [5.74, 6) is 0.734. The first-order valence-electron chi connectivity index (χ1n) is 5.70. The molecule has 0 aliphatic carbocycles. The molecule has 1 heterocycles. The maximum absolute atomic E-state index is 11.4. The zero-order valence-electron chi connectivity index (χ0n) is 10.2. The smallest absolute Gasteiger partial charge is 0.323 e. The van der Waals surface area contributed by atoms with E-state index in [0.29, 0.717) is 6.61 Å². The average molecular weight is 235 g/mol. The van der Waals surface area contributed by atoms with Crippen LogP contribution in [0.1, 0.15) is 12.0 Å². The van der Waals surface area contributed by atoms with Gasteiger partial charge in [0, 0.05) is 13.0 Å². The first-order valence-corrected chi connectivity index (χ1v) is 5.70. The minimum Gasteiger partial charge on any atom is -0.497 e. The fraction of sp³-hybridized carbons (Fsp3) is 0.462. The van der Waals surface area contributed by atoms with E-state index in [1.165, 1.54) is 0 Å². The van der Waals surface area contributed by atoms with Crippen LogP contribution < -0.4 is 4.74 Å². The van der Waals surface area contributed by atoms with Crippen LogP contribution in [-0.4, -0.2) is 37.7 Å². The third kappa shape index (κ3) is 2.77. The molecule has 0 radical (unpaired) electrons. The Morgan fingerprint density at radius 2 is 2.12 bits per heavy atom. The molecule has 0 saturated carbocycles. The lowest BCUT2D eigenvalue weighted by atomic mass is 10.1. The van der Waals surface area contributed by atoms with Crippen molar-refractivity contribution in [2.24, 2.45) is 0 Å². The summed E-state index contributed by atoms with van der Waals surface area (Å²) in [5.41, 5.74) is 1.16. The van der Waals surface area contributed by atoms with Crippen LogP contribution in [-0.2, 0) is 16.1 Å². The van der Waals surface area contributed by atoms with Gasteiger partial charge in [-0.2, -0.15) is 0 Å². The number of cyclic esters (lactones) is 1. The number of methoxy groups -OCH3 is 1. The summed E-state index contributed by atoms with van der Waals surface area (Å²) in [7, 11) is 3.59. The molecule has 1 saturated heterocycles. The lowest BCUT2D eigenvalue weighted by Gasteiger charge is -2.20. The number of hydrogen-bond acceptors (Lipinski definition) is 4. The van der Waals surface area contributed by atoms with E-state index in [4.69, 9.17) is 9.47 Å². The summed E-state index contributed by atoms with van der Waals surface area (Å²) in [6, 6.07) is 7.77. The predicted molar refractivity (Wildman–Crippen MR) is 63.8 cm³/mol. The molecule has 0 bridgehead atoms. The van der Waals surface area contributed by atoms with Gasteiger partial charge in [-0.3, -0.25) is 9.69 Å². The molecule has 4 heteroatoms. The minimum absolute atomic E-state index is 0.0999. The second-order valence-corrected chi connectivity index (χ2v) is 4.24. The van der Waals surface area contributed by atoms with E-state index in [1.807, 2.05) is 36.2 Å². The molecule has 1 aliphatic heterocycles. The van der Waals surface area contributed by atoms with Crippen LogP contribution in [0.4, 0.5) is 0 Å². The molecule has 0 aromatic heterocycles. The normalized spacial score (nSPS) is 19.5. The van der Waals surface area contributed by atoms with Crippen molar-refractivity contribution < 1.29 is 14.3 Å². The number of carbonyl (C=O) groups excluding carboxylic acids is 1. The number of ether oxygens (including phenoxy) is 2. The summed E-state index contributed by atoms with van der Waals surface area (Å²) in [6.07, 6.45) is 0.783. The van der Waals surface area contributed by atoms with Gasteiger partial charge >= 0.3 is 5.97 Å². The number of esters is 1. The molecule has 1 atom stereocenters. The van der Waals surface area contributed by atoms with Crippen LogP contribution in [0.2, 0.25) is 0 Å². The Hall–Kier alpha value is -1.55. The lowest BCUT2D eigenvalue weighted by Crippen LogP contribution is -2.34. The highest BCUT2D eigenvalue weighted by Crippen LogP contribution is 2.17. The van der Waals surface area contributed by atoms with Gasteiger partial charge in [-0.15, -0.1) is 0 Å². The monoisotopic (exact) mass is 235 g/mol. The topological polar surface area (TPSA) is 38.8 Å². The highest BCUT2D eigenvalue weighted by Gasteiger charge is 2.29. The van der Waals surface area contributed by atoms with Crippen molar-refractivity contribution in [3.05, 3.63) is 29.8 Å². The Bertz CT molecular complexity index is 388. The predicted octanol–water partition coefficient (Wildman–Crippen LogP) is 1.44. The number of hydrogen-bond donors (Lipinski definition) is 0. The van der Waals surface area contributed by atoms with Gasteiger partial charge in [-0.05, 0) is 24.7 Å². The first kappa shape index (κ1) is 11.9. The second-order valence-electron chi connectivity index (χ2n) is 4.24. The molecule has 0 N–H and O–H groups in total. The van der Waals surface area contributed by atoms with Gasteiger partial charge in [0.25, 0.3) is 0 Å². The van der Waals surface area contributed by atoms with E-state index >= 15 is 0 Å². The van der Waals surface area contributed by atoms with E-state index in [1.54, 1.807) is 7.11 Å². The van der Waals surface area contributed by atoms with Crippen molar-refractivity contribution in [1.29, 1.82) is 0 Å². The fourth-order valence-electron chi connectivity index (χ4n) is 2.01. The maximum atomic E-state index is 11.4. The number of rotatable bonds is 4. The standard InChI is InChI=1S/C13H17NO3/c1-14(12-7-8-17-13(12)15)9-10-3-5-11(16-2)6-4-10/h3-6,12H,7-9H2,1-2H3/t12-/m1/s1. The molecule has 4 nitrogen and oxygen atoms in total. The zero-order valence-corrected chi connectivity index (χ0v) is 10.2. The van der Waals surface area contributed by atoms with Crippen molar-refractivity contribution in [3.8, 4) is 5.75 Å². The molecule has 0 amide bonds. The fourth-order valence-corrected chi connectivity index (χ4v) is 2.01. The van der Waals surface area contributed by atoms with E-state index in [-0.39, 0.29) is 12.0 Å². The second kappa shape index (κ2) is 5.19. The summed E-state index contributed by atoms with van der Waals surface area (Å²) < 4.78 is 10.1. The van der Waals surface area contributed by atoms with Crippen LogP contribution in [0.3, 0.4) is 0 Å². The average Bonchev–Trinajstić information content (AvgIpc) is 2.76. The Labute approximate surface area is 101 Å². The Balaban J connectivity index is 1.97. The molecule has 92 valence electrons. The van der Waals surface area contributed by atoms with Gasteiger partial charge in [-0.25, -0.2) is 0 Å². The molecule has 1 aromatic rings. The van der Waals surface area contributed by atoms with Crippen LogP contribution in [0.25, 0.3) is 0 Å². The number of likely N-dealkylation sites (N-methyl/N-ethyl adjacent to an activating group) is 1. The van der Waals surface area contributed by atoms with Gasteiger partial charge in [0.05, 0.1) is 13.7 Å². The highest BCUT2D eigenvalue weighted by atomic mass is 16.5. The molecular weight excluding hydrogens is 218 g/mol. The Morgan fingerprint density at radius 1 is 1.41 bits per heavy atom. The largest absolute Gasteiger partial charge is 0.497 e. The Kier molecular flexibility index (Phi) is 3.64. The third-order valence-corrected chi connectivity index (χ3v) is 3.03. The molecule has 2 rings (SSSR count).